The number of nitrogens with zero attached hydrogens (tertiary/aromatic N) is 2. The Kier molecular flexibility index (Phi) is 11.0. The van der Waals surface area contributed by atoms with Crippen molar-refractivity contribution < 1.29 is 4.42 Å². The fraction of sp³-hybridized carbons (Fsp3) is 0.529. The molecule has 1 heterocycles. The zero-order valence-electron chi connectivity index (χ0n) is 23.2. The Morgan fingerprint density at radius 1 is 0.703 bits per heavy atom. The lowest BCUT2D eigenvalue weighted by atomic mass is 9.94. The van der Waals surface area contributed by atoms with Gasteiger partial charge in [0.15, 0.2) is 11.3 Å². The first-order valence-corrected chi connectivity index (χ1v) is 15.0. The molecule has 2 aromatic carbocycles. The van der Waals surface area contributed by atoms with Gasteiger partial charge in [0.2, 0.25) is 0 Å². The van der Waals surface area contributed by atoms with Crippen molar-refractivity contribution in [3.63, 3.8) is 0 Å². The molecular formula is C34H46N2O. The molecule has 0 unspecified atom stereocenters. The van der Waals surface area contributed by atoms with E-state index in [9.17, 15) is 0 Å². The highest BCUT2D eigenvalue weighted by Gasteiger charge is 2.15. The Morgan fingerprint density at radius 2 is 1.30 bits per heavy atom. The minimum Gasteiger partial charge on any atom is -0.453 e. The van der Waals surface area contributed by atoms with Crippen LogP contribution < -0.4 is 5.36 Å². The summed E-state index contributed by atoms with van der Waals surface area (Å²) in [6, 6.07) is 18.7. The number of hydrogen-bond acceptors (Lipinski definition) is 3. The lowest BCUT2D eigenvalue weighted by molar-refractivity contribution is 0.409. The third kappa shape index (κ3) is 7.90. The molecule has 3 nitrogen and oxygen atoms in total. The summed E-state index contributed by atoms with van der Waals surface area (Å²) < 4.78 is 6.30. The quantitative estimate of drug-likeness (QED) is 0.0875. The maximum atomic E-state index is 6.30. The molecule has 0 bridgehead atoms. The summed E-state index contributed by atoms with van der Waals surface area (Å²) in [6.45, 7) is 5.49. The first-order valence-electron chi connectivity index (χ1n) is 15.0. The molecule has 0 saturated carbocycles. The molecule has 0 atom stereocenters. The van der Waals surface area contributed by atoms with Gasteiger partial charge in [-0.2, -0.15) is 0 Å². The fourth-order valence-electron chi connectivity index (χ4n) is 5.50. The number of unbranched alkanes of at least 4 members (excludes halogenated alkanes) is 10. The molecular weight excluding hydrogens is 452 g/mol. The van der Waals surface area contributed by atoms with Crippen LogP contribution in [0.4, 0.5) is 0 Å². The second kappa shape index (κ2) is 14.9. The van der Waals surface area contributed by atoms with Crippen LogP contribution in [0.25, 0.3) is 33.3 Å². The highest BCUT2D eigenvalue weighted by molar-refractivity contribution is 5.96. The molecule has 2 aromatic rings. The molecule has 0 amide bonds. The van der Waals surface area contributed by atoms with Crippen molar-refractivity contribution in [2.75, 3.05) is 6.54 Å². The van der Waals surface area contributed by atoms with E-state index in [4.69, 9.17) is 14.4 Å². The van der Waals surface area contributed by atoms with Gasteiger partial charge >= 0.3 is 0 Å². The van der Waals surface area contributed by atoms with Gasteiger partial charge < -0.3 is 4.42 Å². The van der Waals surface area contributed by atoms with E-state index in [-0.39, 0.29) is 0 Å². The van der Waals surface area contributed by atoms with E-state index in [1.807, 2.05) is 24.3 Å². The van der Waals surface area contributed by atoms with Crippen molar-refractivity contribution in [2.24, 2.45) is 10.9 Å². The Labute approximate surface area is 223 Å². The van der Waals surface area contributed by atoms with E-state index in [1.165, 1.54) is 95.3 Å². The number of rotatable bonds is 16. The van der Waals surface area contributed by atoms with Crippen LogP contribution in [-0.4, -0.2) is 11.5 Å². The summed E-state index contributed by atoms with van der Waals surface area (Å²) in [4.78, 5) is 10.2. The van der Waals surface area contributed by atoms with Crippen LogP contribution in [0.15, 0.2) is 64.0 Å². The minimum atomic E-state index is 0.665. The first kappa shape index (κ1) is 27.4. The summed E-state index contributed by atoms with van der Waals surface area (Å²) in [7, 11) is 0. The van der Waals surface area contributed by atoms with Gasteiger partial charge in [-0.25, -0.2) is 4.98 Å². The molecule has 0 N–H and O–H groups in total. The summed E-state index contributed by atoms with van der Waals surface area (Å²) in [5.41, 5.74) is 2.63. The average molecular weight is 499 g/mol. The van der Waals surface area contributed by atoms with E-state index in [0.29, 0.717) is 5.92 Å². The summed E-state index contributed by atoms with van der Waals surface area (Å²) >= 11 is 0. The summed E-state index contributed by atoms with van der Waals surface area (Å²) in [5.74, 6) is 1.48. The van der Waals surface area contributed by atoms with Gasteiger partial charge in [-0.05, 0) is 30.9 Å². The second-order valence-electron chi connectivity index (χ2n) is 10.8. The molecule has 0 radical (unpaired) electrons. The molecule has 198 valence electrons. The molecule has 0 saturated heterocycles. The van der Waals surface area contributed by atoms with Crippen LogP contribution in [0.5, 0.6) is 0 Å². The van der Waals surface area contributed by atoms with Crippen molar-refractivity contribution in [3.8, 4) is 11.5 Å². The molecule has 37 heavy (non-hydrogen) atoms. The van der Waals surface area contributed by atoms with Gasteiger partial charge in [-0.3, -0.25) is 4.99 Å². The molecule has 0 aromatic heterocycles. The topological polar surface area (TPSA) is 38.4 Å². The molecule has 1 aliphatic heterocycles. The van der Waals surface area contributed by atoms with Crippen LogP contribution in [0, 0.1) is 5.92 Å². The summed E-state index contributed by atoms with van der Waals surface area (Å²) in [6.07, 6.45) is 18.9. The van der Waals surface area contributed by atoms with Crippen molar-refractivity contribution in [3.05, 3.63) is 60.0 Å². The first-order chi connectivity index (χ1) is 18.3. The maximum Gasteiger partial charge on any atom is 0.155 e. The zero-order valence-corrected chi connectivity index (χ0v) is 23.2. The Balaban J connectivity index is 1.53. The van der Waals surface area contributed by atoms with Gasteiger partial charge in [-0.1, -0.05) is 127 Å². The maximum absolute atomic E-state index is 6.30. The molecule has 3 heteroatoms. The van der Waals surface area contributed by atoms with Crippen molar-refractivity contribution >= 4 is 21.9 Å². The third-order valence-corrected chi connectivity index (χ3v) is 7.73. The van der Waals surface area contributed by atoms with Gasteiger partial charge in [-0.15, -0.1) is 0 Å². The van der Waals surface area contributed by atoms with Crippen LogP contribution in [0.2, 0.25) is 0 Å². The largest absolute Gasteiger partial charge is 0.453 e. The predicted molar refractivity (Wildman–Crippen MR) is 158 cm³/mol. The van der Waals surface area contributed by atoms with Gasteiger partial charge in [0.25, 0.3) is 0 Å². The number of benzene rings is 3. The second-order valence-corrected chi connectivity index (χ2v) is 10.8. The normalized spacial score (nSPS) is 12.5. The van der Waals surface area contributed by atoms with Crippen molar-refractivity contribution in [2.45, 2.75) is 104 Å². The third-order valence-electron chi connectivity index (χ3n) is 7.73. The van der Waals surface area contributed by atoms with Gasteiger partial charge in [0.05, 0.1) is 5.36 Å². The molecule has 1 aliphatic carbocycles. The lowest BCUT2D eigenvalue weighted by Crippen LogP contribution is -2.12. The smallest absolute Gasteiger partial charge is 0.155 e. The van der Waals surface area contributed by atoms with Crippen LogP contribution >= 0.6 is 0 Å². The SMILES string of the molecule is CCCCCCCCC(CCCCCCCC)CN=c1cc2oc3ccccc3nc-2c2ccccc12. The van der Waals surface area contributed by atoms with Crippen LogP contribution in [0.3, 0.4) is 0 Å². The van der Waals surface area contributed by atoms with Gasteiger partial charge in [0.1, 0.15) is 11.2 Å². The minimum absolute atomic E-state index is 0.665. The van der Waals surface area contributed by atoms with E-state index in [1.54, 1.807) is 0 Å². The predicted octanol–water partition coefficient (Wildman–Crippen LogP) is 10.1. The van der Waals surface area contributed by atoms with E-state index < -0.39 is 0 Å². The van der Waals surface area contributed by atoms with E-state index in [0.717, 1.165) is 39.8 Å². The Hall–Kier alpha value is -2.68. The van der Waals surface area contributed by atoms with E-state index in [2.05, 4.69) is 44.2 Å². The summed E-state index contributed by atoms with van der Waals surface area (Å²) in [5, 5.41) is 3.34. The molecule has 2 aliphatic rings. The molecule has 0 fully saturated rings. The number of aromatic nitrogens is 1. The van der Waals surface area contributed by atoms with E-state index >= 15 is 0 Å². The number of para-hydroxylation sites is 2. The van der Waals surface area contributed by atoms with Gasteiger partial charge in [0, 0.05) is 23.4 Å². The Bertz CT molecular complexity index is 1240. The van der Waals surface area contributed by atoms with Crippen LogP contribution in [-0.2, 0) is 0 Å². The fourth-order valence-corrected chi connectivity index (χ4v) is 5.50. The lowest BCUT2D eigenvalue weighted by Gasteiger charge is -2.15. The molecule has 4 rings (SSSR count). The zero-order chi connectivity index (χ0) is 25.7. The number of fused-ring (bicyclic) bond motifs is 4. The number of hydrogen-bond donors (Lipinski definition) is 0. The Morgan fingerprint density at radius 3 is 2.00 bits per heavy atom. The average Bonchev–Trinajstić information content (AvgIpc) is 2.93. The highest BCUT2D eigenvalue weighted by atomic mass is 16.3. The van der Waals surface area contributed by atoms with Crippen molar-refractivity contribution in [1.82, 2.24) is 4.98 Å². The standard InChI is InChI=1S/C34H46N2O/c1-3-5-7-9-11-13-19-27(20-14-12-10-8-6-4-2)26-35-31-25-33-34(29-22-16-15-21-28(29)31)36-30-23-17-18-24-32(30)37-33/h15-18,21-25,27H,3-14,19-20,26H2,1-2H3. The van der Waals surface area contributed by atoms with Crippen LogP contribution in [0.1, 0.15) is 104 Å². The van der Waals surface area contributed by atoms with Crippen molar-refractivity contribution in [1.29, 1.82) is 0 Å². The monoisotopic (exact) mass is 498 g/mol. The highest BCUT2D eigenvalue weighted by Crippen LogP contribution is 2.30. The molecule has 0 spiro atoms.